The molecule has 116 valence electrons. The molecule has 21 heavy (non-hydrogen) atoms. The van der Waals surface area contributed by atoms with Crippen LogP contribution in [-0.4, -0.2) is 30.8 Å². The highest BCUT2D eigenvalue weighted by atomic mass is 35.5. The SMILES string of the molecule is COc1cc(Cl)cc(C2CC(C(=O)O)CN2)c1OC(C)C. The summed E-state index contributed by atoms with van der Waals surface area (Å²) in [6.07, 6.45) is 0.489. The van der Waals surface area contributed by atoms with E-state index in [0.717, 1.165) is 5.56 Å². The summed E-state index contributed by atoms with van der Waals surface area (Å²) in [4.78, 5) is 11.1. The Morgan fingerprint density at radius 2 is 2.19 bits per heavy atom. The molecule has 2 N–H and O–H groups in total. The summed E-state index contributed by atoms with van der Waals surface area (Å²) in [5, 5.41) is 12.9. The van der Waals surface area contributed by atoms with E-state index < -0.39 is 11.9 Å². The highest BCUT2D eigenvalue weighted by Gasteiger charge is 2.33. The second-order valence-corrected chi connectivity index (χ2v) is 5.86. The van der Waals surface area contributed by atoms with Gasteiger partial charge >= 0.3 is 5.97 Å². The second kappa shape index (κ2) is 6.54. The van der Waals surface area contributed by atoms with Crippen molar-refractivity contribution in [2.75, 3.05) is 13.7 Å². The van der Waals surface area contributed by atoms with E-state index in [1.54, 1.807) is 13.2 Å². The Morgan fingerprint density at radius 1 is 1.48 bits per heavy atom. The average Bonchev–Trinajstić information content (AvgIpc) is 2.89. The molecule has 0 spiro atoms. The quantitative estimate of drug-likeness (QED) is 0.875. The summed E-state index contributed by atoms with van der Waals surface area (Å²) in [7, 11) is 1.56. The van der Waals surface area contributed by atoms with Crippen molar-refractivity contribution < 1.29 is 19.4 Å². The molecule has 1 saturated heterocycles. The largest absolute Gasteiger partial charge is 0.493 e. The first-order valence-corrected chi connectivity index (χ1v) is 7.30. The average molecular weight is 314 g/mol. The van der Waals surface area contributed by atoms with Gasteiger partial charge in [0.1, 0.15) is 0 Å². The van der Waals surface area contributed by atoms with Crippen LogP contribution >= 0.6 is 11.6 Å². The number of carboxylic acid groups (broad SMARTS) is 1. The van der Waals surface area contributed by atoms with Crippen molar-refractivity contribution in [2.45, 2.75) is 32.4 Å². The minimum absolute atomic E-state index is 0.0181. The third-order valence-electron chi connectivity index (χ3n) is 3.48. The highest BCUT2D eigenvalue weighted by Crippen LogP contribution is 2.41. The lowest BCUT2D eigenvalue weighted by Crippen LogP contribution is -2.18. The van der Waals surface area contributed by atoms with E-state index in [1.165, 1.54) is 0 Å². The van der Waals surface area contributed by atoms with Crippen LogP contribution < -0.4 is 14.8 Å². The number of halogens is 1. The van der Waals surface area contributed by atoms with Gasteiger partial charge in [0.2, 0.25) is 0 Å². The number of methoxy groups -OCH3 is 1. The topological polar surface area (TPSA) is 67.8 Å². The molecule has 1 heterocycles. The van der Waals surface area contributed by atoms with E-state index in [0.29, 0.717) is 29.5 Å². The lowest BCUT2D eigenvalue weighted by Gasteiger charge is -2.21. The van der Waals surface area contributed by atoms with Crippen molar-refractivity contribution in [1.29, 1.82) is 0 Å². The van der Waals surface area contributed by atoms with Gasteiger partial charge in [0.05, 0.1) is 19.1 Å². The van der Waals surface area contributed by atoms with Crippen LogP contribution in [0.1, 0.15) is 31.9 Å². The van der Waals surface area contributed by atoms with Crippen LogP contribution in [0.15, 0.2) is 12.1 Å². The Morgan fingerprint density at radius 3 is 2.71 bits per heavy atom. The maximum absolute atomic E-state index is 11.1. The zero-order chi connectivity index (χ0) is 15.6. The second-order valence-electron chi connectivity index (χ2n) is 5.42. The molecule has 1 aliphatic rings. The van der Waals surface area contributed by atoms with Crippen molar-refractivity contribution in [3.63, 3.8) is 0 Å². The van der Waals surface area contributed by atoms with Crippen LogP contribution in [0.25, 0.3) is 0 Å². The Hall–Kier alpha value is -1.46. The van der Waals surface area contributed by atoms with Crippen LogP contribution in [0, 0.1) is 5.92 Å². The van der Waals surface area contributed by atoms with Gasteiger partial charge in [0.15, 0.2) is 11.5 Å². The molecule has 0 aliphatic carbocycles. The molecule has 0 saturated carbocycles. The molecule has 6 heteroatoms. The third kappa shape index (κ3) is 3.60. The monoisotopic (exact) mass is 313 g/mol. The minimum Gasteiger partial charge on any atom is -0.493 e. The highest BCUT2D eigenvalue weighted by molar-refractivity contribution is 6.30. The molecule has 0 aromatic heterocycles. The van der Waals surface area contributed by atoms with Gasteiger partial charge in [0.25, 0.3) is 0 Å². The van der Waals surface area contributed by atoms with Crippen molar-refractivity contribution in [1.82, 2.24) is 5.32 Å². The summed E-state index contributed by atoms with van der Waals surface area (Å²) in [5.74, 6) is 0.00408. The van der Waals surface area contributed by atoms with Gasteiger partial charge in [-0.1, -0.05) is 11.6 Å². The Labute approximate surface area is 129 Å². The molecule has 0 amide bonds. The number of hydrogen-bond acceptors (Lipinski definition) is 4. The fourth-order valence-electron chi connectivity index (χ4n) is 2.52. The molecular weight excluding hydrogens is 294 g/mol. The van der Waals surface area contributed by atoms with Crippen LogP contribution in [0.2, 0.25) is 5.02 Å². The van der Waals surface area contributed by atoms with Gasteiger partial charge in [-0.2, -0.15) is 0 Å². The Bertz CT molecular complexity index is 533. The van der Waals surface area contributed by atoms with Gasteiger partial charge in [-0.05, 0) is 26.3 Å². The molecule has 1 fully saturated rings. The first kappa shape index (κ1) is 15.9. The summed E-state index contributed by atoms with van der Waals surface area (Å²) in [6, 6.07) is 3.41. The van der Waals surface area contributed by atoms with E-state index in [-0.39, 0.29) is 12.1 Å². The van der Waals surface area contributed by atoms with Crippen molar-refractivity contribution in [3.8, 4) is 11.5 Å². The van der Waals surface area contributed by atoms with Crippen molar-refractivity contribution in [3.05, 3.63) is 22.7 Å². The van der Waals surface area contributed by atoms with Gasteiger partial charge < -0.3 is 19.9 Å². The number of hydrogen-bond donors (Lipinski definition) is 2. The number of benzene rings is 1. The molecule has 2 atom stereocenters. The molecule has 0 radical (unpaired) electrons. The van der Waals surface area contributed by atoms with Gasteiger partial charge in [-0.15, -0.1) is 0 Å². The summed E-state index contributed by atoms with van der Waals surface area (Å²) in [5.41, 5.74) is 0.844. The molecule has 1 aromatic rings. The maximum atomic E-state index is 11.1. The van der Waals surface area contributed by atoms with Crippen LogP contribution in [-0.2, 0) is 4.79 Å². The van der Waals surface area contributed by atoms with Crippen LogP contribution in [0.3, 0.4) is 0 Å². The number of aliphatic carboxylic acids is 1. The first-order chi connectivity index (χ1) is 9.92. The molecule has 5 nitrogen and oxygen atoms in total. The number of rotatable bonds is 5. The number of nitrogens with one attached hydrogen (secondary N) is 1. The van der Waals surface area contributed by atoms with E-state index in [1.807, 2.05) is 19.9 Å². The van der Waals surface area contributed by atoms with Gasteiger partial charge in [-0.3, -0.25) is 4.79 Å². The van der Waals surface area contributed by atoms with Crippen LogP contribution in [0.5, 0.6) is 11.5 Å². The number of carbonyl (C=O) groups is 1. The predicted octanol–water partition coefficient (Wildman–Crippen LogP) is 2.87. The summed E-state index contributed by atoms with van der Waals surface area (Å²) >= 11 is 6.13. The Balaban J connectivity index is 2.37. The first-order valence-electron chi connectivity index (χ1n) is 6.92. The molecule has 2 rings (SSSR count). The summed E-state index contributed by atoms with van der Waals surface area (Å²) < 4.78 is 11.2. The fraction of sp³-hybridized carbons (Fsp3) is 0.533. The maximum Gasteiger partial charge on any atom is 0.307 e. The third-order valence-corrected chi connectivity index (χ3v) is 3.70. The molecular formula is C15H20ClNO4. The van der Waals surface area contributed by atoms with Crippen LogP contribution in [0.4, 0.5) is 0 Å². The zero-order valence-electron chi connectivity index (χ0n) is 12.4. The van der Waals surface area contributed by atoms with Crippen molar-refractivity contribution in [2.24, 2.45) is 5.92 Å². The number of carboxylic acids is 1. The molecule has 1 aliphatic heterocycles. The van der Waals surface area contributed by atoms with E-state index in [9.17, 15) is 4.79 Å². The summed E-state index contributed by atoms with van der Waals surface area (Å²) in [6.45, 7) is 4.30. The van der Waals surface area contributed by atoms with E-state index in [4.69, 9.17) is 26.2 Å². The lowest BCUT2D eigenvalue weighted by molar-refractivity contribution is -0.141. The van der Waals surface area contributed by atoms with Gasteiger partial charge in [-0.25, -0.2) is 0 Å². The lowest BCUT2D eigenvalue weighted by atomic mass is 9.99. The smallest absolute Gasteiger partial charge is 0.307 e. The standard InChI is InChI=1S/C15H20ClNO4/c1-8(2)21-14-11(5-10(16)6-13(14)20-3)12-4-9(7-17-12)15(18)19/h5-6,8-9,12,17H,4,7H2,1-3H3,(H,18,19). The predicted molar refractivity (Wildman–Crippen MR) is 80.3 cm³/mol. The molecule has 2 unspecified atom stereocenters. The zero-order valence-corrected chi connectivity index (χ0v) is 13.1. The van der Waals surface area contributed by atoms with Crippen molar-refractivity contribution >= 4 is 17.6 Å². The van der Waals surface area contributed by atoms with Gasteiger partial charge in [0, 0.05) is 29.2 Å². The van der Waals surface area contributed by atoms with E-state index >= 15 is 0 Å². The normalized spacial score (nSPS) is 21.6. The molecule has 1 aromatic carbocycles. The molecule has 0 bridgehead atoms. The van der Waals surface area contributed by atoms with E-state index in [2.05, 4.69) is 5.32 Å². The fourth-order valence-corrected chi connectivity index (χ4v) is 2.74. The Kier molecular flexibility index (Phi) is 4.96. The minimum atomic E-state index is -0.787. The number of ether oxygens (including phenoxy) is 2.